The van der Waals surface area contributed by atoms with Crippen LogP contribution in [-0.4, -0.2) is 0 Å². The Kier molecular flexibility index (Phi) is 1440. The lowest BCUT2D eigenvalue weighted by molar-refractivity contribution is 5.85. The Morgan fingerprint density at radius 2 is 0.300 bits per heavy atom. The molecule has 0 aliphatic rings. The van der Waals surface area contributed by atoms with Gasteiger partial charge >= 0.3 is 0 Å². The predicted molar refractivity (Wildman–Crippen MR) is 93.7 cm³/mol. The molecule has 77 valence electrons. The first-order valence-electron chi connectivity index (χ1n) is 0. The second-order valence-electron chi connectivity index (χ2n) is 0. The molecule has 0 nitrogen and oxygen atoms in total. The molecule has 0 heterocycles. The molecule has 0 aliphatic carbocycles. The van der Waals surface area contributed by atoms with E-state index in [1.165, 1.54) is 0 Å². The summed E-state index contributed by atoms with van der Waals surface area (Å²) < 4.78 is 0. The summed E-state index contributed by atoms with van der Waals surface area (Å²) in [4.78, 5) is 0. The lowest BCUT2D eigenvalue weighted by Crippen LogP contribution is 0.689. The van der Waals surface area contributed by atoms with Gasteiger partial charge in [0.2, 0.25) is 0 Å². The van der Waals surface area contributed by atoms with Gasteiger partial charge in [0.15, 0.2) is 0 Å². The van der Waals surface area contributed by atoms with Crippen molar-refractivity contribution in [3.05, 3.63) is 0 Å². The molecule has 0 aromatic carbocycles. The van der Waals surface area contributed by atoms with Crippen molar-refractivity contribution < 1.29 is 0 Å². The monoisotopic (exact) mass is 662 g/mol. The van der Waals surface area contributed by atoms with Crippen LogP contribution in [0.2, 0.25) is 0 Å². The first-order chi connectivity index (χ1) is 0. The van der Waals surface area contributed by atoms with Crippen LogP contribution in [0.25, 0.3) is 0 Å². The van der Waals surface area contributed by atoms with Gasteiger partial charge in [0, 0.05) is 9.90 Å². The van der Waals surface area contributed by atoms with Crippen LogP contribution in [0, 0.1) is 0 Å². The van der Waals surface area contributed by atoms with Gasteiger partial charge in [0.1, 0.15) is 0 Å². The molecule has 0 atom stereocenters. The highest BCUT2D eigenvalue weighted by molar-refractivity contribution is 8.93. The van der Waals surface area contributed by atoms with Gasteiger partial charge in [-0.1, -0.05) is 0 Å². The lowest BCUT2D eigenvalue weighted by atomic mass is 31.0. The molecule has 0 unspecified atom stereocenters. The van der Waals surface area contributed by atoms with Crippen LogP contribution < -0.4 is 0 Å². The largest absolute Gasteiger partial charge is 0.147 e. The summed E-state index contributed by atoms with van der Waals surface area (Å²) in [6.45, 7) is 0. The van der Waals surface area contributed by atoms with Crippen molar-refractivity contribution in [3.63, 3.8) is 0 Å². The topological polar surface area (TPSA) is 0 Å². The van der Waals surface area contributed by atoms with Crippen LogP contribution in [0.5, 0.6) is 0 Å². The predicted octanol–water partition coefficient (Wildman–Crippen LogP) is 5.75. The van der Waals surface area contributed by atoms with Crippen molar-refractivity contribution in [3.8, 4) is 0 Å². The van der Waals surface area contributed by atoms with E-state index in [2.05, 4.69) is 0 Å². The zero-order valence-corrected chi connectivity index (χ0v) is 18.6. The van der Waals surface area contributed by atoms with Crippen LogP contribution in [-0.2, 0) is 0 Å². The molecule has 0 aromatic heterocycles. The third-order valence-electron chi connectivity index (χ3n) is 0. The van der Waals surface area contributed by atoms with Gasteiger partial charge in [-0.25, -0.2) is 0 Å². The van der Waals surface area contributed by atoms with Crippen LogP contribution >= 0.6 is 154 Å². The maximum absolute atomic E-state index is 0. The summed E-state index contributed by atoms with van der Waals surface area (Å²) in [5.74, 6) is 0. The van der Waals surface area contributed by atoms with Gasteiger partial charge in [-0.2, -0.15) is 0 Å². The standard InChI is InChI=1S/7BrH.2ClH.P/h9*1H;. The molecule has 10 heavy (non-hydrogen) atoms. The van der Waals surface area contributed by atoms with E-state index >= 15 is 0 Å². The summed E-state index contributed by atoms with van der Waals surface area (Å²) in [5, 5.41) is 0. The first kappa shape index (κ1) is 135. The van der Waals surface area contributed by atoms with Gasteiger partial charge in [-0.3, -0.25) is 0 Å². The third-order valence-corrected chi connectivity index (χ3v) is 0. The van der Waals surface area contributed by atoms with E-state index in [9.17, 15) is 0 Å². The summed E-state index contributed by atoms with van der Waals surface area (Å²) in [6, 6.07) is 0. The van der Waals surface area contributed by atoms with Crippen molar-refractivity contribution in [2.45, 2.75) is 0 Å². The molecule has 0 aromatic rings. The molecule has 0 N–H and O–H groups in total. The minimum Gasteiger partial charge on any atom is -0.147 e. The van der Waals surface area contributed by atoms with Gasteiger partial charge in [0.25, 0.3) is 0 Å². The summed E-state index contributed by atoms with van der Waals surface area (Å²) in [6.07, 6.45) is 0. The highest BCUT2D eigenvalue weighted by Gasteiger charge is 0.0000806. The Balaban J connectivity index is 0. The fourth-order valence-electron chi connectivity index (χ4n) is 0. The Hall–Kier alpha value is 4.37. The summed E-state index contributed by atoms with van der Waals surface area (Å²) in [5.41, 5.74) is 0. The van der Waals surface area contributed by atoms with E-state index in [-0.39, 0.29) is 154 Å². The summed E-state index contributed by atoms with van der Waals surface area (Å²) in [7, 11) is 0. The molecule has 0 rings (SSSR count). The van der Waals surface area contributed by atoms with E-state index in [1.807, 2.05) is 0 Å². The van der Waals surface area contributed by atoms with E-state index in [0.717, 1.165) is 0 Å². The fraction of sp³-hybridized carbons (Fsp3) is 0. The van der Waals surface area contributed by atoms with Crippen molar-refractivity contribution in [2.24, 2.45) is 0 Å². The lowest BCUT2D eigenvalue weighted by Gasteiger charge is -0.148. The Morgan fingerprint density at radius 1 is 0.300 bits per heavy atom. The van der Waals surface area contributed by atoms with Crippen LogP contribution in [0.15, 0.2) is 0 Å². The molecule has 0 bridgehead atoms. The molecule has 0 amide bonds. The maximum atomic E-state index is 0. The SMILES string of the molecule is Br.Br.Br.Br.Br.Br.Br.Cl.Cl.[P]. The summed E-state index contributed by atoms with van der Waals surface area (Å²) >= 11 is 0. The second kappa shape index (κ2) is 107. The van der Waals surface area contributed by atoms with E-state index in [4.69, 9.17) is 0 Å². The zero-order valence-electron chi connectivity index (χ0n) is 4.12. The highest BCUT2D eigenvalue weighted by Crippen LogP contribution is 0.862. The molecule has 0 spiro atoms. The van der Waals surface area contributed by atoms with Crippen molar-refractivity contribution >= 4 is 154 Å². The molecule has 10 heteroatoms. The average molecular weight is 670 g/mol. The van der Waals surface area contributed by atoms with Crippen molar-refractivity contribution in [2.75, 3.05) is 0 Å². The number of rotatable bonds is 0. The Bertz CT molecular complexity index is 11.6. The van der Waals surface area contributed by atoms with E-state index in [0.29, 0.717) is 0 Å². The van der Waals surface area contributed by atoms with Crippen LogP contribution in [0.1, 0.15) is 0 Å². The minimum atomic E-state index is 0. The van der Waals surface area contributed by atoms with Gasteiger partial charge < -0.3 is 0 Å². The van der Waals surface area contributed by atoms with Crippen molar-refractivity contribution in [1.82, 2.24) is 0 Å². The second-order valence-corrected chi connectivity index (χ2v) is 0. The van der Waals surface area contributed by atoms with E-state index in [1.54, 1.807) is 0 Å². The Labute approximate surface area is 151 Å². The molecule has 0 fully saturated rings. The maximum Gasteiger partial charge on any atom is 0 e. The Morgan fingerprint density at radius 3 is 0.300 bits per heavy atom. The molecule has 3 radical (unpaired) electrons. The minimum absolute atomic E-state index is 0. The van der Waals surface area contributed by atoms with Gasteiger partial charge in [-0.15, -0.1) is 144 Å². The highest BCUT2D eigenvalue weighted by atomic mass is 79.9. The first-order valence-corrected chi connectivity index (χ1v) is 0. The van der Waals surface area contributed by atoms with E-state index < -0.39 is 0 Å². The van der Waals surface area contributed by atoms with Gasteiger partial charge in [0.05, 0.1) is 0 Å². The fourth-order valence-corrected chi connectivity index (χ4v) is 0. The molecule has 0 saturated heterocycles. The average Bonchev–Trinajstić information content (AvgIpc) is 0. The molecule has 0 saturated carbocycles. The van der Waals surface area contributed by atoms with Gasteiger partial charge in [-0.05, 0) is 0 Å². The zero-order chi connectivity index (χ0) is 0. The van der Waals surface area contributed by atoms with Crippen LogP contribution in [0.3, 0.4) is 0 Å². The molecular formula is H9Br7Cl2P. The number of hydrogen-bond acceptors (Lipinski definition) is 0. The smallest absolute Gasteiger partial charge is 0 e. The van der Waals surface area contributed by atoms with Crippen LogP contribution in [0.4, 0.5) is 0 Å². The molecule has 0 aliphatic heterocycles. The number of hydrogen-bond donors (Lipinski definition) is 0. The number of halogens is 9. The van der Waals surface area contributed by atoms with Crippen molar-refractivity contribution in [1.29, 1.82) is 0 Å². The third kappa shape index (κ3) is 83.7. The normalized spacial score (nSPS) is 0. The molecular weight excluding hydrogens is 661 g/mol. The quantitative estimate of drug-likeness (QED) is 0.289.